The molecule has 2 unspecified atom stereocenters. The maximum Gasteiger partial charge on any atom is 0.270 e. The fourth-order valence-electron chi connectivity index (χ4n) is 5.69. The van der Waals surface area contributed by atoms with E-state index in [-0.39, 0.29) is 17.9 Å². The highest BCUT2D eigenvalue weighted by atomic mass is 16.2. The van der Waals surface area contributed by atoms with Gasteiger partial charge >= 0.3 is 0 Å². The number of pyridine rings is 1. The van der Waals surface area contributed by atoms with Crippen molar-refractivity contribution in [3.05, 3.63) is 41.3 Å². The van der Waals surface area contributed by atoms with E-state index in [2.05, 4.69) is 19.9 Å². The normalized spacial score (nSPS) is 21.4. The van der Waals surface area contributed by atoms with E-state index in [9.17, 15) is 9.59 Å². The van der Waals surface area contributed by atoms with E-state index in [1.807, 2.05) is 24.0 Å². The molecular formula is C26H31N7O2. The molecule has 1 aliphatic heterocycles. The molecule has 0 radical (unpaired) electrons. The Labute approximate surface area is 204 Å². The van der Waals surface area contributed by atoms with E-state index in [1.165, 1.54) is 6.42 Å². The second-order valence-electron chi connectivity index (χ2n) is 10.5. The lowest BCUT2D eigenvalue weighted by Gasteiger charge is -2.19. The Hall–Kier alpha value is -3.49. The van der Waals surface area contributed by atoms with Gasteiger partial charge in [0.2, 0.25) is 5.95 Å². The van der Waals surface area contributed by atoms with Gasteiger partial charge < -0.3 is 19.7 Å². The van der Waals surface area contributed by atoms with E-state index >= 15 is 0 Å². The summed E-state index contributed by atoms with van der Waals surface area (Å²) in [6.45, 7) is 3.68. The third-order valence-corrected chi connectivity index (χ3v) is 7.74. The van der Waals surface area contributed by atoms with Crippen LogP contribution in [-0.4, -0.2) is 68.3 Å². The van der Waals surface area contributed by atoms with E-state index in [4.69, 9.17) is 4.98 Å². The zero-order valence-electron chi connectivity index (χ0n) is 20.5. The van der Waals surface area contributed by atoms with Crippen LogP contribution in [-0.2, 0) is 0 Å². The molecule has 2 aliphatic carbocycles. The maximum atomic E-state index is 12.9. The summed E-state index contributed by atoms with van der Waals surface area (Å²) in [5, 5.41) is 4.05. The topological polar surface area (TPSA) is 96.2 Å². The van der Waals surface area contributed by atoms with Crippen LogP contribution in [0.4, 0.5) is 11.8 Å². The Balaban J connectivity index is 1.28. The van der Waals surface area contributed by atoms with E-state index in [1.54, 1.807) is 31.4 Å². The van der Waals surface area contributed by atoms with Crippen LogP contribution in [0.5, 0.6) is 0 Å². The van der Waals surface area contributed by atoms with Crippen LogP contribution in [0.25, 0.3) is 11.0 Å². The van der Waals surface area contributed by atoms with Gasteiger partial charge in [-0.15, -0.1) is 0 Å². The molecule has 3 fully saturated rings. The minimum atomic E-state index is -0.0303. The van der Waals surface area contributed by atoms with Crippen LogP contribution in [0, 0.1) is 18.8 Å². The van der Waals surface area contributed by atoms with Gasteiger partial charge in [-0.1, -0.05) is 12.8 Å². The minimum absolute atomic E-state index is 0.0303. The minimum Gasteiger partial charge on any atom is -0.343 e. The first-order valence-electron chi connectivity index (χ1n) is 12.5. The number of anilines is 2. The second kappa shape index (κ2) is 8.32. The summed E-state index contributed by atoms with van der Waals surface area (Å²) in [6.07, 6.45) is 9.07. The number of rotatable bonds is 5. The standard InChI is InChI=1S/C26H31N7O2/c1-15-8-22(27-12-20(15)24(34)32-13-17-9-18(17)14-32)29-26-28-11-16-10-21(25(35)31(2)3)33(23(16)30-26)19-6-4-5-7-19/h8,10-12,17-19H,4-7,9,13-14H2,1-3H3,(H,27,28,29,30). The molecule has 0 aromatic carbocycles. The lowest BCUT2D eigenvalue weighted by Crippen LogP contribution is -2.30. The molecule has 2 amide bonds. The van der Waals surface area contributed by atoms with Crippen molar-refractivity contribution in [3.63, 3.8) is 0 Å². The van der Waals surface area contributed by atoms with Crippen LogP contribution in [0.2, 0.25) is 0 Å². The first kappa shape index (κ1) is 22.0. The quantitative estimate of drug-likeness (QED) is 0.606. The Kier molecular flexibility index (Phi) is 5.23. The molecule has 3 aromatic rings. The Morgan fingerprint density at radius 1 is 1.06 bits per heavy atom. The number of likely N-dealkylation sites (tertiary alicyclic amines) is 1. The monoisotopic (exact) mass is 473 g/mol. The molecule has 3 aliphatic rings. The highest BCUT2D eigenvalue weighted by Crippen LogP contribution is 2.45. The third-order valence-electron chi connectivity index (χ3n) is 7.74. The lowest BCUT2D eigenvalue weighted by atomic mass is 10.1. The van der Waals surface area contributed by atoms with Gasteiger partial charge in [-0.3, -0.25) is 9.59 Å². The smallest absolute Gasteiger partial charge is 0.270 e. The number of nitrogens with one attached hydrogen (secondary N) is 1. The number of aromatic nitrogens is 4. The fraction of sp³-hybridized carbons (Fsp3) is 0.500. The van der Waals surface area contributed by atoms with Crippen molar-refractivity contribution in [1.82, 2.24) is 29.3 Å². The van der Waals surface area contributed by atoms with Crippen LogP contribution in [0.1, 0.15) is 64.6 Å². The molecular weight excluding hydrogens is 442 g/mol. The maximum absolute atomic E-state index is 12.9. The van der Waals surface area contributed by atoms with Crippen molar-refractivity contribution in [3.8, 4) is 0 Å². The summed E-state index contributed by atoms with van der Waals surface area (Å²) in [5.41, 5.74) is 2.94. The largest absolute Gasteiger partial charge is 0.343 e. The van der Waals surface area contributed by atoms with E-state index in [0.717, 1.165) is 55.4 Å². The molecule has 182 valence electrons. The average Bonchev–Trinajstić information content (AvgIpc) is 3.22. The molecule has 1 N–H and O–H groups in total. The second-order valence-corrected chi connectivity index (χ2v) is 10.5. The van der Waals surface area contributed by atoms with Gasteiger partial charge in [-0.05, 0) is 55.7 Å². The molecule has 6 rings (SSSR count). The molecule has 35 heavy (non-hydrogen) atoms. The first-order chi connectivity index (χ1) is 16.9. The number of hydrogen-bond acceptors (Lipinski definition) is 6. The Morgan fingerprint density at radius 3 is 2.49 bits per heavy atom. The highest BCUT2D eigenvalue weighted by molar-refractivity contribution is 5.98. The SMILES string of the molecule is Cc1cc(Nc2ncc3cc(C(=O)N(C)C)n(C4CCCC4)c3n2)ncc1C(=O)N1CC2CC2C1. The fourth-order valence-corrected chi connectivity index (χ4v) is 5.69. The number of hydrogen-bond donors (Lipinski definition) is 1. The summed E-state index contributed by atoms with van der Waals surface area (Å²) in [4.78, 5) is 43.2. The number of amides is 2. The van der Waals surface area contributed by atoms with Crippen molar-refractivity contribution < 1.29 is 9.59 Å². The third kappa shape index (κ3) is 3.92. The molecule has 9 nitrogen and oxygen atoms in total. The van der Waals surface area contributed by atoms with Gasteiger partial charge in [0.1, 0.15) is 17.2 Å². The van der Waals surface area contributed by atoms with Gasteiger partial charge in [0.25, 0.3) is 11.8 Å². The van der Waals surface area contributed by atoms with Gasteiger partial charge in [0.15, 0.2) is 0 Å². The van der Waals surface area contributed by atoms with Crippen molar-refractivity contribution >= 4 is 34.6 Å². The molecule has 1 saturated heterocycles. The number of piperidine rings is 1. The summed E-state index contributed by atoms with van der Waals surface area (Å²) in [6, 6.07) is 4.02. The number of nitrogens with zero attached hydrogens (tertiary/aromatic N) is 6. The molecule has 0 spiro atoms. The van der Waals surface area contributed by atoms with Gasteiger partial charge in [0, 0.05) is 51.0 Å². The van der Waals surface area contributed by atoms with Crippen LogP contribution in [0.15, 0.2) is 24.5 Å². The van der Waals surface area contributed by atoms with Gasteiger partial charge in [-0.2, -0.15) is 4.98 Å². The zero-order chi connectivity index (χ0) is 24.3. The number of carbonyl (C=O) groups excluding carboxylic acids is 2. The summed E-state index contributed by atoms with van der Waals surface area (Å²) in [7, 11) is 3.54. The van der Waals surface area contributed by atoms with Crippen molar-refractivity contribution in [1.29, 1.82) is 0 Å². The molecule has 0 bridgehead atoms. The van der Waals surface area contributed by atoms with E-state index < -0.39 is 0 Å². The van der Waals surface area contributed by atoms with Gasteiger partial charge in [0.05, 0.1) is 5.56 Å². The van der Waals surface area contributed by atoms with Crippen LogP contribution in [0.3, 0.4) is 0 Å². The summed E-state index contributed by atoms with van der Waals surface area (Å²) < 4.78 is 2.10. The zero-order valence-corrected chi connectivity index (χ0v) is 20.5. The van der Waals surface area contributed by atoms with Crippen molar-refractivity contribution in [2.24, 2.45) is 11.8 Å². The molecule has 2 atom stereocenters. The molecule has 9 heteroatoms. The number of fused-ring (bicyclic) bond motifs is 2. The molecule has 2 saturated carbocycles. The molecule has 4 heterocycles. The van der Waals surface area contributed by atoms with E-state index in [0.29, 0.717) is 34.9 Å². The Bertz CT molecular complexity index is 1310. The van der Waals surface area contributed by atoms with Crippen molar-refractivity contribution in [2.75, 3.05) is 32.5 Å². The van der Waals surface area contributed by atoms with Crippen molar-refractivity contribution in [2.45, 2.75) is 45.1 Å². The predicted molar refractivity (Wildman–Crippen MR) is 133 cm³/mol. The average molecular weight is 474 g/mol. The summed E-state index contributed by atoms with van der Waals surface area (Å²) in [5.74, 6) is 2.46. The molecule has 3 aromatic heterocycles. The highest BCUT2D eigenvalue weighted by Gasteiger charge is 2.46. The number of aryl methyl sites for hydroxylation is 1. The Morgan fingerprint density at radius 2 is 1.80 bits per heavy atom. The van der Waals surface area contributed by atoms with Crippen LogP contribution < -0.4 is 5.32 Å². The first-order valence-corrected chi connectivity index (χ1v) is 12.5. The predicted octanol–water partition coefficient (Wildman–Crippen LogP) is 3.79. The summed E-state index contributed by atoms with van der Waals surface area (Å²) >= 11 is 0. The lowest BCUT2D eigenvalue weighted by molar-refractivity contribution is 0.0773. The van der Waals surface area contributed by atoms with Gasteiger partial charge in [-0.25, -0.2) is 9.97 Å². The number of carbonyl (C=O) groups is 2. The van der Waals surface area contributed by atoms with Crippen LogP contribution >= 0.6 is 0 Å².